The maximum Gasteiger partial charge on any atom is 0.573 e. The summed E-state index contributed by atoms with van der Waals surface area (Å²) < 4.78 is 66.0. The van der Waals surface area contributed by atoms with Crippen LogP contribution in [0.3, 0.4) is 0 Å². The zero-order chi connectivity index (χ0) is 26.9. The van der Waals surface area contributed by atoms with E-state index in [1.807, 2.05) is 12.1 Å². The lowest BCUT2D eigenvalue weighted by Gasteiger charge is -2.33. The van der Waals surface area contributed by atoms with E-state index in [9.17, 15) is 31.2 Å². The molecule has 198 valence electrons. The molecule has 12 heteroatoms. The molecule has 8 nitrogen and oxygen atoms in total. The van der Waals surface area contributed by atoms with Crippen molar-refractivity contribution in [1.82, 2.24) is 14.5 Å². The number of piperazine rings is 1. The van der Waals surface area contributed by atoms with Gasteiger partial charge in [-0.05, 0) is 41.3 Å². The number of carbonyl (C=O) groups excluding carboxylic acids is 2. The Morgan fingerprint density at radius 2 is 1.58 bits per heavy atom. The molecule has 0 aromatic heterocycles. The van der Waals surface area contributed by atoms with Crippen LogP contribution in [0, 0.1) is 0 Å². The Kier molecular flexibility index (Phi) is 10.3. The fourth-order valence-corrected chi connectivity index (χ4v) is 4.81. The highest BCUT2D eigenvalue weighted by Gasteiger charge is 2.32. The van der Waals surface area contributed by atoms with Crippen LogP contribution in [-0.2, 0) is 26.2 Å². The van der Waals surface area contributed by atoms with E-state index in [2.05, 4.69) is 36.0 Å². The smallest absolute Gasteiger partial charge is 0.406 e. The zero-order valence-electron chi connectivity index (χ0n) is 20.3. The van der Waals surface area contributed by atoms with Crippen LogP contribution in [0.5, 0.6) is 5.75 Å². The van der Waals surface area contributed by atoms with E-state index in [4.69, 9.17) is 0 Å². The van der Waals surface area contributed by atoms with Gasteiger partial charge in [0.2, 0.25) is 22.3 Å². The molecule has 1 N–H and O–H groups in total. The summed E-state index contributed by atoms with van der Waals surface area (Å²) in [5, 5.41) is 2.63. The van der Waals surface area contributed by atoms with Crippen molar-refractivity contribution in [2.24, 2.45) is 0 Å². The second-order valence-electron chi connectivity index (χ2n) is 8.32. The van der Waals surface area contributed by atoms with Crippen LogP contribution in [-0.4, -0.2) is 62.5 Å². The van der Waals surface area contributed by atoms with Gasteiger partial charge in [-0.15, -0.1) is 13.2 Å². The normalized spacial score (nSPS) is 14.6. The number of hydrogen-bond donors (Lipinski definition) is 1. The lowest BCUT2D eigenvalue weighted by atomic mass is 10.0. The number of rotatable bonds is 7. The van der Waals surface area contributed by atoms with Gasteiger partial charge in [-0.1, -0.05) is 38.1 Å². The van der Waals surface area contributed by atoms with Gasteiger partial charge >= 0.3 is 6.36 Å². The largest absolute Gasteiger partial charge is 0.573 e. The maximum absolute atomic E-state index is 12.4. The second-order valence-corrected chi connectivity index (χ2v) is 10.3. The third-order valence-corrected chi connectivity index (χ3v) is 7.33. The van der Waals surface area contributed by atoms with Crippen LogP contribution in [0.25, 0.3) is 0 Å². The third kappa shape index (κ3) is 8.83. The van der Waals surface area contributed by atoms with Crippen LogP contribution >= 0.6 is 0 Å². The molecule has 0 radical (unpaired) electrons. The molecule has 0 spiro atoms. The van der Waals surface area contributed by atoms with E-state index in [-0.39, 0.29) is 37.0 Å². The molecular formula is C24H30F3N3O5S. The SMILES string of the molecule is CC(=O)N1CCN(S(=O)(=O)c2ccc(OC(F)(F)F)cc2)CC1.CC(C)c1ccc(CNC=O)cc1. The van der Waals surface area contributed by atoms with Gasteiger partial charge in [0, 0.05) is 39.6 Å². The number of ether oxygens (including phenoxy) is 1. The number of sulfonamides is 1. The van der Waals surface area contributed by atoms with Gasteiger partial charge in [0.15, 0.2) is 0 Å². The summed E-state index contributed by atoms with van der Waals surface area (Å²) >= 11 is 0. The minimum absolute atomic E-state index is 0.122. The van der Waals surface area contributed by atoms with E-state index in [1.54, 1.807) is 0 Å². The molecule has 0 bridgehead atoms. The Bertz CT molecular complexity index is 1100. The molecule has 2 aromatic rings. The van der Waals surface area contributed by atoms with Gasteiger partial charge in [0.25, 0.3) is 0 Å². The summed E-state index contributed by atoms with van der Waals surface area (Å²) in [4.78, 5) is 22.7. The monoisotopic (exact) mass is 529 g/mol. The Morgan fingerprint density at radius 1 is 1.03 bits per heavy atom. The number of amides is 2. The topological polar surface area (TPSA) is 96.0 Å². The number of alkyl halides is 3. The first-order valence-electron chi connectivity index (χ1n) is 11.2. The number of benzene rings is 2. The second kappa shape index (κ2) is 12.7. The Balaban J connectivity index is 0.000000297. The van der Waals surface area contributed by atoms with Gasteiger partial charge in [-0.2, -0.15) is 4.31 Å². The molecule has 1 saturated heterocycles. The lowest BCUT2D eigenvalue weighted by Crippen LogP contribution is -2.49. The van der Waals surface area contributed by atoms with Crippen LogP contribution in [0.4, 0.5) is 13.2 Å². The summed E-state index contributed by atoms with van der Waals surface area (Å²) in [6.07, 6.45) is -4.11. The summed E-state index contributed by atoms with van der Waals surface area (Å²) in [5.41, 5.74) is 2.46. The molecule has 0 saturated carbocycles. The molecule has 3 rings (SSSR count). The Morgan fingerprint density at radius 3 is 2.03 bits per heavy atom. The summed E-state index contributed by atoms with van der Waals surface area (Å²) in [5.74, 6) is -0.0540. The molecule has 1 aliphatic rings. The molecule has 2 aromatic carbocycles. The van der Waals surface area contributed by atoms with Gasteiger partial charge in [-0.25, -0.2) is 8.42 Å². The number of carbonyl (C=O) groups is 2. The average molecular weight is 530 g/mol. The first-order valence-corrected chi connectivity index (χ1v) is 12.6. The molecule has 1 fully saturated rings. The first kappa shape index (κ1) is 29.1. The van der Waals surface area contributed by atoms with Crippen molar-refractivity contribution in [3.63, 3.8) is 0 Å². The minimum Gasteiger partial charge on any atom is -0.406 e. The predicted molar refractivity (Wildman–Crippen MR) is 128 cm³/mol. The van der Waals surface area contributed by atoms with Crippen LogP contribution in [0.1, 0.15) is 37.8 Å². The molecule has 1 heterocycles. The van der Waals surface area contributed by atoms with Crippen molar-refractivity contribution in [3.8, 4) is 5.75 Å². The third-order valence-electron chi connectivity index (χ3n) is 5.41. The molecule has 0 unspecified atom stereocenters. The lowest BCUT2D eigenvalue weighted by molar-refractivity contribution is -0.274. The van der Waals surface area contributed by atoms with Gasteiger partial charge < -0.3 is 15.0 Å². The number of nitrogens with zero attached hydrogens (tertiary/aromatic N) is 2. The number of nitrogens with one attached hydrogen (secondary N) is 1. The first-order chi connectivity index (χ1) is 16.8. The molecular weight excluding hydrogens is 499 g/mol. The molecule has 0 atom stereocenters. The van der Waals surface area contributed by atoms with E-state index in [0.29, 0.717) is 12.5 Å². The predicted octanol–water partition coefficient (Wildman–Crippen LogP) is 3.49. The van der Waals surface area contributed by atoms with E-state index < -0.39 is 22.1 Å². The van der Waals surface area contributed by atoms with E-state index >= 15 is 0 Å². The maximum atomic E-state index is 12.4. The van der Waals surface area contributed by atoms with Crippen molar-refractivity contribution in [1.29, 1.82) is 0 Å². The van der Waals surface area contributed by atoms with Crippen molar-refractivity contribution in [3.05, 3.63) is 59.7 Å². The fourth-order valence-electron chi connectivity index (χ4n) is 3.39. The molecule has 1 aliphatic heterocycles. The van der Waals surface area contributed by atoms with Crippen molar-refractivity contribution < 1.29 is 35.9 Å². The zero-order valence-corrected chi connectivity index (χ0v) is 21.1. The van der Waals surface area contributed by atoms with Crippen LogP contribution in [0.15, 0.2) is 53.4 Å². The van der Waals surface area contributed by atoms with Crippen LogP contribution < -0.4 is 10.1 Å². The standard InChI is InChI=1S/C13H15F3N2O4S.C11H15NO/c1-10(19)17-6-8-18(9-7-17)23(20,21)12-4-2-11(3-5-12)22-13(14,15)16;1-9(2)11-5-3-10(4-6-11)7-12-8-13/h2-5H,6-9H2,1H3;3-6,8-9H,7H2,1-2H3,(H,12,13). The van der Waals surface area contributed by atoms with Crippen molar-refractivity contribution >= 4 is 22.3 Å². The highest BCUT2D eigenvalue weighted by Crippen LogP contribution is 2.25. The van der Waals surface area contributed by atoms with E-state index in [0.717, 1.165) is 36.2 Å². The van der Waals surface area contributed by atoms with Gasteiger partial charge in [0.05, 0.1) is 4.90 Å². The van der Waals surface area contributed by atoms with Gasteiger partial charge in [-0.3, -0.25) is 9.59 Å². The Labute approximate surface area is 209 Å². The summed E-state index contributed by atoms with van der Waals surface area (Å²) in [6.45, 7) is 7.20. The number of halogens is 3. The quantitative estimate of drug-likeness (QED) is 0.554. The highest BCUT2D eigenvalue weighted by atomic mass is 32.2. The average Bonchev–Trinajstić information content (AvgIpc) is 2.83. The Hall–Kier alpha value is -3.12. The van der Waals surface area contributed by atoms with Crippen molar-refractivity contribution in [2.75, 3.05) is 26.2 Å². The molecule has 2 amide bonds. The minimum atomic E-state index is -4.83. The molecule has 36 heavy (non-hydrogen) atoms. The highest BCUT2D eigenvalue weighted by molar-refractivity contribution is 7.89. The van der Waals surface area contributed by atoms with Gasteiger partial charge in [0.1, 0.15) is 5.75 Å². The van der Waals surface area contributed by atoms with E-state index in [1.165, 1.54) is 21.7 Å². The fraction of sp³-hybridized carbons (Fsp3) is 0.417. The molecule has 0 aliphatic carbocycles. The summed E-state index contributed by atoms with van der Waals surface area (Å²) in [7, 11) is -3.81. The van der Waals surface area contributed by atoms with Crippen LogP contribution in [0.2, 0.25) is 0 Å². The number of hydrogen-bond acceptors (Lipinski definition) is 5. The summed E-state index contributed by atoms with van der Waals surface area (Å²) in [6, 6.07) is 12.3. The van der Waals surface area contributed by atoms with Crippen molar-refractivity contribution in [2.45, 2.75) is 44.5 Å².